The number of carbonyl (C=O) groups excluding carboxylic acids is 2. The standard InChI is InChI=1S/C67H131N2O7P/c1-7-10-13-16-19-22-25-27-28-29-30-31-32-33-34-35-36-37-38-39-40-42-45-47-50-53-56-59-66(70)68-64(63-75-77(72,73)74-62-61-69(4,5)6)65(58-55-52-49-46-44-41-26-23-20-17-14-11-8-2)76-67(71)60-57-54-51-48-43-24-21-18-15-12-9-3/h27-28,55,58,64-65H,7-26,29-54,56-57,59-63H2,1-6H3,(H-,68,70,72,73)/b28-27+,58-55+. The molecule has 0 saturated heterocycles. The number of hydrogen-bond acceptors (Lipinski definition) is 7. The van der Waals surface area contributed by atoms with Crippen molar-refractivity contribution in [2.24, 2.45) is 0 Å². The number of likely N-dealkylation sites (N-methyl/N-ethyl adjacent to an activating group) is 1. The maximum absolute atomic E-state index is 13.6. The highest BCUT2D eigenvalue weighted by molar-refractivity contribution is 7.45. The van der Waals surface area contributed by atoms with Crippen molar-refractivity contribution >= 4 is 19.7 Å². The molecule has 0 aromatic heterocycles. The number of nitrogens with one attached hydrogen (secondary N) is 1. The average molecular weight is 1110 g/mol. The van der Waals surface area contributed by atoms with Gasteiger partial charge < -0.3 is 28.5 Å². The number of phosphoric acid groups is 1. The molecular formula is C67H131N2O7P. The summed E-state index contributed by atoms with van der Waals surface area (Å²) < 4.78 is 30.3. The van der Waals surface area contributed by atoms with Crippen molar-refractivity contribution in [1.29, 1.82) is 0 Å². The predicted octanol–water partition coefficient (Wildman–Crippen LogP) is 20.3. The molecule has 0 aromatic rings. The number of amides is 1. The largest absolute Gasteiger partial charge is 0.756 e. The third-order valence-corrected chi connectivity index (χ3v) is 16.3. The van der Waals surface area contributed by atoms with E-state index in [1.165, 1.54) is 250 Å². The lowest BCUT2D eigenvalue weighted by Gasteiger charge is -2.30. The smallest absolute Gasteiger partial charge is 0.306 e. The van der Waals surface area contributed by atoms with Gasteiger partial charge in [0, 0.05) is 12.8 Å². The quantitative estimate of drug-likeness (QED) is 0.0212. The van der Waals surface area contributed by atoms with Crippen molar-refractivity contribution in [3.05, 3.63) is 24.3 Å². The van der Waals surface area contributed by atoms with Gasteiger partial charge in [-0.25, -0.2) is 0 Å². The van der Waals surface area contributed by atoms with Gasteiger partial charge in [0.05, 0.1) is 33.8 Å². The highest BCUT2D eigenvalue weighted by Crippen LogP contribution is 2.38. The van der Waals surface area contributed by atoms with Crippen molar-refractivity contribution in [3.63, 3.8) is 0 Å². The lowest BCUT2D eigenvalue weighted by Crippen LogP contribution is -2.47. The molecule has 0 aliphatic rings. The highest BCUT2D eigenvalue weighted by atomic mass is 31.2. The zero-order valence-corrected chi connectivity index (χ0v) is 53.1. The number of carbonyl (C=O) groups is 2. The summed E-state index contributed by atoms with van der Waals surface area (Å²) in [5.74, 6) is -0.522. The number of nitrogens with zero attached hydrogens (tertiary/aromatic N) is 1. The number of quaternary nitrogens is 1. The van der Waals surface area contributed by atoms with E-state index in [0.717, 1.165) is 57.8 Å². The van der Waals surface area contributed by atoms with Gasteiger partial charge in [-0.2, -0.15) is 0 Å². The fraction of sp³-hybridized carbons (Fsp3) is 0.910. The van der Waals surface area contributed by atoms with Crippen LogP contribution in [-0.2, 0) is 27.9 Å². The summed E-state index contributed by atoms with van der Waals surface area (Å²) in [7, 11) is 1.20. The van der Waals surface area contributed by atoms with Gasteiger partial charge in [-0.05, 0) is 57.4 Å². The molecule has 0 rings (SSSR count). The fourth-order valence-electron chi connectivity index (χ4n) is 10.2. The number of allylic oxidation sites excluding steroid dienone is 3. The molecule has 0 bridgehead atoms. The van der Waals surface area contributed by atoms with Crippen LogP contribution in [-0.4, -0.2) is 69.4 Å². The Morgan fingerprint density at radius 2 is 0.753 bits per heavy atom. The normalized spacial score (nSPS) is 13.7. The Labute approximate surface area is 479 Å². The summed E-state index contributed by atoms with van der Waals surface area (Å²) in [5.41, 5.74) is 0. The van der Waals surface area contributed by atoms with E-state index in [-0.39, 0.29) is 31.5 Å². The molecule has 1 N–H and O–H groups in total. The summed E-state index contributed by atoms with van der Waals surface area (Å²) in [4.78, 5) is 40.0. The van der Waals surface area contributed by atoms with E-state index >= 15 is 0 Å². The van der Waals surface area contributed by atoms with E-state index in [9.17, 15) is 19.0 Å². The first-order valence-electron chi connectivity index (χ1n) is 33.6. The Hall–Kier alpha value is -1.51. The number of unbranched alkanes of at least 4 members (excludes halogenated alkanes) is 44. The van der Waals surface area contributed by atoms with Crippen LogP contribution < -0.4 is 10.2 Å². The van der Waals surface area contributed by atoms with E-state index in [1.54, 1.807) is 0 Å². The zero-order valence-electron chi connectivity index (χ0n) is 52.2. The lowest BCUT2D eigenvalue weighted by molar-refractivity contribution is -0.870. The van der Waals surface area contributed by atoms with Crippen molar-refractivity contribution in [1.82, 2.24) is 5.32 Å². The molecule has 0 spiro atoms. The molecule has 0 aromatic carbocycles. The molecule has 0 aliphatic heterocycles. The maximum atomic E-state index is 13.6. The number of esters is 1. The van der Waals surface area contributed by atoms with Crippen LogP contribution in [0.2, 0.25) is 0 Å². The van der Waals surface area contributed by atoms with E-state index in [4.69, 9.17) is 13.8 Å². The van der Waals surface area contributed by atoms with Crippen LogP contribution in [0.5, 0.6) is 0 Å². The van der Waals surface area contributed by atoms with Gasteiger partial charge in [-0.15, -0.1) is 0 Å². The highest BCUT2D eigenvalue weighted by Gasteiger charge is 2.27. The predicted molar refractivity (Wildman–Crippen MR) is 330 cm³/mol. The second-order valence-electron chi connectivity index (χ2n) is 24.3. The second kappa shape index (κ2) is 57.7. The first-order valence-corrected chi connectivity index (χ1v) is 35.1. The topological polar surface area (TPSA) is 114 Å². The van der Waals surface area contributed by atoms with E-state index in [1.807, 2.05) is 33.3 Å². The summed E-state index contributed by atoms with van der Waals surface area (Å²) in [6.07, 6.45) is 68.8. The van der Waals surface area contributed by atoms with Gasteiger partial charge in [0.2, 0.25) is 5.91 Å². The number of ether oxygens (including phenoxy) is 1. The van der Waals surface area contributed by atoms with Crippen molar-refractivity contribution in [2.75, 3.05) is 40.9 Å². The first-order chi connectivity index (χ1) is 37.4. The number of phosphoric ester groups is 1. The van der Waals surface area contributed by atoms with Gasteiger partial charge in [0.1, 0.15) is 19.3 Å². The molecule has 0 heterocycles. The van der Waals surface area contributed by atoms with Crippen molar-refractivity contribution in [2.45, 2.75) is 354 Å². The Morgan fingerprint density at radius 3 is 1.10 bits per heavy atom. The molecule has 0 aliphatic carbocycles. The molecule has 77 heavy (non-hydrogen) atoms. The van der Waals surface area contributed by atoms with Crippen LogP contribution in [0.15, 0.2) is 24.3 Å². The minimum atomic E-state index is -4.69. The fourth-order valence-corrected chi connectivity index (χ4v) is 10.9. The molecule has 0 saturated carbocycles. The SMILES string of the molecule is CCCCCCCC/C=C/CCCCCCCCCCCCCCCCCCCC(=O)NC(COP(=O)([O-])OCC[N+](C)(C)C)C(/C=C/CCCCCCCCCCCCC)OC(=O)CCCCCCCCCCCCC. The number of hydrogen-bond donors (Lipinski definition) is 1. The Bertz CT molecular complexity index is 1370. The van der Waals surface area contributed by atoms with Gasteiger partial charge >= 0.3 is 5.97 Å². The van der Waals surface area contributed by atoms with Crippen LogP contribution in [0.3, 0.4) is 0 Å². The van der Waals surface area contributed by atoms with Gasteiger partial charge in [-0.1, -0.05) is 296 Å². The van der Waals surface area contributed by atoms with Crippen LogP contribution in [0.25, 0.3) is 0 Å². The maximum Gasteiger partial charge on any atom is 0.306 e. The van der Waals surface area contributed by atoms with Gasteiger partial charge in [0.15, 0.2) is 0 Å². The second-order valence-corrected chi connectivity index (χ2v) is 25.7. The van der Waals surface area contributed by atoms with Crippen LogP contribution in [0, 0.1) is 0 Å². The average Bonchev–Trinajstić information content (AvgIpc) is 3.39. The monoisotopic (exact) mass is 1110 g/mol. The van der Waals surface area contributed by atoms with Crippen molar-refractivity contribution < 1.29 is 37.3 Å². The Kier molecular flexibility index (Phi) is 56.6. The summed E-state index contributed by atoms with van der Waals surface area (Å²) in [6.45, 7) is 6.88. The summed E-state index contributed by atoms with van der Waals surface area (Å²) >= 11 is 0. The molecule has 0 radical (unpaired) electrons. The third kappa shape index (κ3) is 58.9. The molecule has 3 unspecified atom stereocenters. The molecule has 0 fully saturated rings. The molecule has 456 valence electrons. The minimum absolute atomic E-state index is 0.0179. The summed E-state index contributed by atoms with van der Waals surface area (Å²) in [6, 6.07) is -0.881. The molecule has 10 heteroatoms. The molecule has 3 atom stereocenters. The van der Waals surface area contributed by atoms with Gasteiger partial charge in [0.25, 0.3) is 7.82 Å². The Balaban J connectivity index is 4.94. The first kappa shape index (κ1) is 75.5. The van der Waals surface area contributed by atoms with E-state index in [0.29, 0.717) is 17.4 Å². The van der Waals surface area contributed by atoms with Crippen LogP contribution >= 0.6 is 7.82 Å². The number of rotatable bonds is 62. The van der Waals surface area contributed by atoms with E-state index < -0.39 is 20.0 Å². The Morgan fingerprint density at radius 1 is 0.442 bits per heavy atom. The lowest BCUT2D eigenvalue weighted by atomic mass is 10.0. The molecule has 9 nitrogen and oxygen atoms in total. The zero-order chi connectivity index (χ0) is 56.4. The van der Waals surface area contributed by atoms with Crippen molar-refractivity contribution in [3.8, 4) is 0 Å². The van der Waals surface area contributed by atoms with E-state index in [2.05, 4.69) is 38.2 Å². The molecule has 1 amide bonds. The van der Waals surface area contributed by atoms with Crippen LogP contribution in [0.1, 0.15) is 342 Å². The third-order valence-electron chi connectivity index (χ3n) is 15.4. The van der Waals surface area contributed by atoms with Crippen LogP contribution in [0.4, 0.5) is 0 Å². The molecular weight excluding hydrogens is 976 g/mol. The minimum Gasteiger partial charge on any atom is -0.756 e. The summed E-state index contributed by atoms with van der Waals surface area (Å²) in [5, 5.41) is 3.04. The van der Waals surface area contributed by atoms with Gasteiger partial charge in [-0.3, -0.25) is 14.2 Å².